The van der Waals surface area contributed by atoms with E-state index in [1.54, 1.807) is 0 Å². The lowest BCUT2D eigenvalue weighted by Crippen LogP contribution is -2.37. The first-order valence-corrected chi connectivity index (χ1v) is 5.65. The summed E-state index contributed by atoms with van der Waals surface area (Å²) in [7, 11) is 0. The Kier molecular flexibility index (Phi) is 3.39. The summed E-state index contributed by atoms with van der Waals surface area (Å²) in [5.74, 6) is 1.54. The van der Waals surface area contributed by atoms with Gasteiger partial charge in [-0.2, -0.15) is 0 Å². The summed E-state index contributed by atoms with van der Waals surface area (Å²) in [6.45, 7) is 8.93. The maximum Gasteiger partial charge on any atom is 0.0593 e. The van der Waals surface area contributed by atoms with E-state index in [2.05, 4.69) is 27.7 Å². The molecule has 0 amide bonds. The second kappa shape index (κ2) is 4.00. The minimum Gasteiger partial charge on any atom is -0.393 e. The van der Waals surface area contributed by atoms with E-state index in [9.17, 15) is 5.11 Å². The van der Waals surface area contributed by atoms with Gasteiger partial charge in [0.15, 0.2) is 0 Å². The molecule has 0 aromatic carbocycles. The van der Waals surface area contributed by atoms with Gasteiger partial charge in [0.1, 0.15) is 0 Å². The summed E-state index contributed by atoms with van der Waals surface area (Å²) in [6.07, 6.45) is 4.67. The van der Waals surface area contributed by atoms with Crippen molar-refractivity contribution in [3.63, 3.8) is 0 Å². The second-order valence-electron chi connectivity index (χ2n) is 5.42. The number of rotatable bonds is 2. The molecule has 1 N–H and O–H groups in total. The van der Waals surface area contributed by atoms with Crippen LogP contribution >= 0.6 is 0 Å². The fourth-order valence-electron chi connectivity index (χ4n) is 2.30. The molecule has 1 heteroatoms. The summed E-state index contributed by atoms with van der Waals surface area (Å²) in [5.41, 5.74) is 0.157. The van der Waals surface area contributed by atoms with E-state index >= 15 is 0 Å². The number of aliphatic hydroxyl groups excluding tert-OH is 1. The average Bonchev–Trinajstić information content (AvgIpc) is 2.08. The van der Waals surface area contributed by atoms with Crippen LogP contribution in [0.3, 0.4) is 0 Å². The highest BCUT2D eigenvalue weighted by atomic mass is 16.3. The maximum atomic E-state index is 9.95. The summed E-state index contributed by atoms with van der Waals surface area (Å²) >= 11 is 0. The molecule has 1 nitrogen and oxygen atoms in total. The zero-order valence-electron chi connectivity index (χ0n) is 9.51. The molecule has 1 aliphatic carbocycles. The minimum absolute atomic E-state index is 0.0831. The maximum absolute atomic E-state index is 9.95. The van der Waals surface area contributed by atoms with Gasteiger partial charge in [-0.1, -0.05) is 34.1 Å². The predicted molar refractivity (Wildman–Crippen MR) is 56.6 cm³/mol. The molecule has 1 fully saturated rings. The molecular weight excluding hydrogens is 160 g/mol. The van der Waals surface area contributed by atoms with E-state index in [1.165, 1.54) is 19.3 Å². The van der Waals surface area contributed by atoms with Crippen molar-refractivity contribution in [3.8, 4) is 0 Å². The molecule has 0 radical (unpaired) electrons. The Morgan fingerprint density at radius 1 is 1.46 bits per heavy atom. The Balaban J connectivity index is 2.51. The van der Waals surface area contributed by atoms with Gasteiger partial charge in [-0.05, 0) is 36.5 Å². The van der Waals surface area contributed by atoms with Gasteiger partial charge in [-0.3, -0.25) is 0 Å². The normalized spacial score (nSPS) is 35.8. The van der Waals surface area contributed by atoms with Crippen molar-refractivity contribution in [2.45, 2.75) is 59.5 Å². The van der Waals surface area contributed by atoms with E-state index in [0.29, 0.717) is 0 Å². The number of hydrogen-bond donors (Lipinski definition) is 1. The topological polar surface area (TPSA) is 20.2 Å². The third-order valence-electron chi connectivity index (χ3n) is 4.04. The van der Waals surface area contributed by atoms with Crippen LogP contribution in [-0.2, 0) is 0 Å². The Labute approximate surface area is 82.5 Å². The van der Waals surface area contributed by atoms with Crippen molar-refractivity contribution in [1.82, 2.24) is 0 Å². The fourth-order valence-corrected chi connectivity index (χ4v) is 2.30. The first-order chi connectivity index (χ1) is 5.97. The molecule has 0 bridgehead atoms. The molecule has 0 aromatic rings. The Morgan fingerprint density at radius 3 is 2.54 bits per heavy atom. The van der Waals surface area contributed by atoms with E-state index < -0.39 is 0 Å². The zero-order valence-corrected chi connectivity index (χ0v) is 9.51. The van der Waals surface area contributed by atoms with Crippen molar-refractivity contribution < 1.29 is 5.11 Å². The molecular formula is C12H24O. The summed E-state index contributed by atoms with van der Waals surface area (Å²) < 4.78 is 0. The van der Waals surface area contributed by atoms with Crippen LogP contribution in [0, 0.1) is 17.3 Å². The lowest BCUT2D eigenvalue weighted by Gasteiger charge is -2.41. The van der Waals surface area contributed by atoms with E-state index in [-0.39, 0.29) is 11.5 Å². The van der Waals surface area contributed by atoms with E-state index in [0.717, 1.165) is 18.3 Å². The summed E-state index contributed by atoms with van der Waals surface area (Å²) in [5, 5.41) is 9.95. The monoisotopic (exact) mass is 184 g/mol. The van der Waals surface area contributed by atoms with E-state index in [1.807, 2.05) is 0 Å². The van der Waals surface area contributed by atoms with Crippen LogP contribution in [0.15, 0.2) is 0 Å². The van der Waals surface area contributed by atoms with Gasteiger partial charge in [0.05, 0.1) is 6.10 Å². The smallest absolute Gasteiger partial charge is 0.0593 e. The highest BCUT2D eigenvalue weighted by molar-refractivity contribution is 4.87. The van der Waals surface area contributed by atoms with Crippen molar-refractivity contribution in [2.75, 3.05) is 0 Å². The Bertz CT molecular complexity index is 163. The van der Waals surface area contributed by atoms with Crippen LogP contribution in [0.4, 0.5) is 0 Å². The molecule has 0 aromatic heterocycles. The van der Waals surface area contributed by atoms with Crippen LogP contribution < -0.4 is 0 Å². The quantitative estimate of drug-likeness (QED) is 0.698. The van der Waals surface area contributed by atoms with Crippen LogP contribution in [0.5, 0.6) is 0 Å². The molecule has 0 heterocycles. The molecule has 1 saturated carbocycles. The SMILES string of the molecule is CCC(C)C1CCC(C)(C)C(O)C1. The highest BCUT2D eigenvalue weighted by Crippen LogP contribution is 2.41. The van der Waals surface area contributed by atoms with Crippen LogP contribution in [0.2, 0.25) is 0 Å². The summed E-state index contributed by atoms with van der Waals surface area (Å²) in [6, 6.07) is 0. The zero-order chi connectivity index (χ0) is 10.1. The fraction of sp³-hybridized carbons (Fsp3) is 1.00. The lowest BCUT2D eigenvalue weighted by molar-refractivity contribution is -0.0190. The van der Waals surface area contributed by atoms with Gasteiger partial charge in [0.2, 0.25) is 0 Å². The third-order valence-corrected chi connectivity index (χ3v) is 4.04. The molecule has 3 unspecified atom stereocenters. The lowest BCUT2D eigenvalue weighted by atomic mass is 9.67. The third kappa shape index (κ3) is 2.46. The summed E-state index contributed by atoms with van der Waals surface area (Å²) in [4.78, 5) is 0. The molecule has 1 rings (SSSR count). The molecule has 1 aliphatic rings. The Morgan fingerprint density at radius 2 is 2.08 bits per heavy atom. The van der Waals surface area contributed by atoms with Crippen LogP contribution in [-0.4, -0.2) is 11.2 Å². The number of hydrogen-bond acceptors (Lipinski definition) is 1. The van der Waals surface area contributed by atoms with Crippen molar-refractivity contribution in [3.05, 3.63) is 0 Å². The van der Waals surface area contributed by atoms with Gasteiger partial charge in [-0.25, -0.2) is 0 Å². The number of aliphatic hydroxyl groups is 1. The van der Waals surface area contributed by atoms with Gasteiger partial charge < -0.3 is 5.11 Å². The van der Waals surface area contributed by atoms with Crippen LogP contribution in [0.1, 0.15) is 53.4 Å². The van der Waals surface area contributed by atoms with Gasteiger partial charge >= 0.3 is 0 Å². The predicted octanol–water partition coefficient (Wildman–Crippen LogP) is 3.22. The van der Waals surface area contributed by atoms with Crippen molar-refractivity contribution >= 4 is 0 Å². The molecule has 3 atom stereocenters. The first kappa shape index (κ1) is 11.0. The van der Waals surface area contributed by atoms with Crippen molar-refractivity contribution in [2.24, 2.45) is 17.3 Å². The Hall–Kier alpha value is -0.0400. The first-order valence-electron chi connectivity index (χ1n) is 5.65. The van der Waals surface area contributed by atoms with Gasteiger partial charge in [-0.15, -0.1) is 0 Å². The largest absolute Gasteiger partial charge is 0.393 e. The standard InChI is InChI=1S/C12H24O/c1-5-9(2)10-6-7-12(3,4)11(13)8-10/h9-11,13H,5-8H2,1-4H3. The average molecular weight is 184 g/mol. The molecule has 0 aliphatic heterocycles. The van der Waals surface area contributed by atoms with Crippen LogP contribution in [0.25, 0.3) is 0 Å². The molecule has 0 spiro atoms. The van der Waals surface area contributed by atoms with Gasteiger partial charge in [0, 0.05) is 0 Å². The molecule has 78 valence electrons. The highest BCUT2D eigenvalue weighted by Gasteiger charge is 2.36. The molecule has 13 heavy (non-hydrogen) atoms. The van der Waals surface area contributed by atoms with Gasteiger partial charge in [0.25, 0.3) is 0 Å². The van der Waals surface area contributed by atoms with Crippen molar-refractivity contribution in [1.29, 1.82) is 0 Å². The second-order valence-corrected chi connectivity index (χ2v) is 5.42. The molecule has 0 saturated heterocycles. The minimum atomic E-state index is -0.0831. The van der Waals surface area contributed by atoms with E-state index in [4.69, 9.17) is 0 Å².